The van der Waals surface area contributed by atoms with E-state index in [1.807, 2.05) is 18.7 Å². The first-order valence-electron chi connectivity index (χ1n) is 6.17. The lowest BCUT2D eigenvalue weighted by molar-refractivity contribution is -0.00539. The van der Waals surface area contributed by atoms with E-state index in [0.717, 1.165) is 6.07 Å². The molecule has 0 saturated carbocycles. The molecule has 0 aliphatic carbocycles. The Morgan fingerprint density at radius 3 is 2.47 bits per heavy atom. The van der Waals surface area contributed by atoms with Crippen LogP contribution >= 0.6 is 0 Å². The highest BCUT2D eigenvalue weighted by Gasteiger charge is 2.25. The number of nitrogens with zero attached hydrogens (tertiary/aromatic N) is 1. The average molecular weight is 267 g/mol. The van der Waals surface area contributed by atoms with Crippen LogP contribution in [0.4, 0.5) is 15.8 Å². The minimum absolute atomic E-state index is 0.00210. The number of carbonyl (C=O) groups excluding carboxylic acids is 1. The number of ether oxygens (including phenoxy) is 1. The van der Waals surface area contributed by atoms with Crippen molar-refractivity contribution in [2.75, 3.05) is 23.7 Å². The van der Waals surface area contributed by atoms with Crippen LogP contribution in [0.15, 0.2) is 12.1 Å². The molecule has 1 saturated heterocycles. The monoisotopic (exact) mass is 267 g/mol. The zero-order valence-corrected chi connectivity index (χ0v) is 11.0. The van der Waals surface area contributed by atoms with Crippen LogP contribution in [-0.2, 0) is 4.74 Å². The Hall–Kier alpha value is -1.82. The fraction of sp³-hybridized carbons (Fsp3) is 0.462. The molecule has 0 aromatic heterocycles. The summed E-state index contributed by atoms with van der Waals surface area (Å²) in [5, 5.41) is 0. The molecule has 1 aliphatic rings. The number of carbonyl (C=O) groups is 1. The first-order valence-corrected chi connectivity index (χ1v) is 6.17. The second-order valence-corrected chi connectivity index (χ2v) is 4.92. The third-order valence-corrected chi connectivity index (χ3v) is 3.14. The molecule has 104 valence electrons. The molecule has 2 atom stereocenters. The maximum Gasteiger partial charge on any atom is 0.250 e. The summed E-state index contributed by atoms with van der Waals surface area (Å²) in [6, 6.07) is 2.55. The van der Waals surface area contributed by atoms with Gasteiger partial charge in [-0.2, -0.15) is 0 Å². The Balaban J connectivity index is 2.38. The van der Waals surface area contributed by atoms with Crippen LogP contribution in [0.3, 0.4) is 0 Å². The van der Waals surface area contributed by atoms with Crippen LogP contribution in [0.2, 0.25) is 0 Å². The summed E-state index contributed by atoms with van der Waals surface area (Å²) in [6.07, 6.45) is -0.00420. The molecule has 0 spiro atoms. The van der Waals surface area contributed by atoms with E-state index in [1.165, 1.54) is 6.07 Å². The van der Waals surface area contributed by atoms with Crippen molar-refractivity contribution in [3.05, 3.63) is 23.5 Å². The molecular weight excluding hydrogens is 249 g/mol. The summed E-state index contributed by atoms with van der Waals surface area (Å²) in [4.78, 5) is 13.1. The predicted octanol–water partition coefficient (Wildman–Crippen LogP) is 1.12. The van der Waals surface area contributed by atoms with Gasteiger partial charge in [-0.25, -0.2) is 4.39 Å². The van der Waals surface area contributed by atoms with Crippen LogP contribution in [-0.4, -0.2) is 31.2 Å². The fourth-order valence-electron chi connectivity index (χ4n) is 2.41. The van der Waals surface area contributed by atoms with Gasteiger partial charge in [0.15, 0.2) is 0 Å². The third kappa shape index (κ3) is 2.78. The van der Waals surface area contributed by atoms with Crippen molar-refractivity contribution >= 4 is 17.3 Å². The molecule has 1 aliphatic heterocycles. The Labute approximate surface area is 111 Å². The molecule has 1 fully saturated rings. The lowest BCUT2D eigenvalue weighted by Crippen LogP contribution is -2.46. The average Bonchev–Trinajstić information content (AvgIpc) is 2.26. The first kappa shape index (κ1) is 13.6. The number of hydrogen-bond donors (Lipinski definition) is 2. The summed E-state index contributed by atoms with van der Waals surface area (Å²) < 4.78 is 19.6. The molecule has 5 nitrogen and oxygen atoms in total. The van der Waals surface area contributed by atoms with Gasteiger partial charge in [0, 0.05) is 18.8 Å². The Morgan fingerprint density at radius 1 is 1.37 bits per heavy atom. The molecule has 19 heavy (non-hydrogen) atoms. The van der Waals surface area contributed by atoms with Gasteiger partial charge in [0.05, 0.1) is 23.5 Å². The number of primary amides is 1. The van der Waals surface area contributed by atoms with E-state index in [9.17, 15) is 9.18 Å². The summed E-state index contributed by atoms with van der Waals surface area (Å²) >= 11 is 0. The standard InChI is InChI=1S/C13H18FN3O2/c1-7-5-17(6-8(2)19-7)12-3-9(13(16)18)11(15)4-10(12)14/h3-4,7-8H,5-6,15H2,1-2H3,(H2,16,18). The minimum Gasteiger partial charge on any atom is -0.398 e. The number of amides is 1. The Kier molecular flexibility index (Phi) is 3.61. The molecule has 1 aromatic rings. The molecule has 1 amide bonds. The van der Waals surface area contributed by atoms with Gasteiger partial charge < -0.3 is 21.1 Å². The third-order valence-electron chi connectivity index (χ3n) is 3.14. The predicted molar refractivity (Wildman–Crippen MR) is 71.6 cm³/mol. The summed E-state index contributed by atoms with van der Waals surface area (Å²) in [5.74, 6) is -1.11. The van der Waals surface area contributed by atoms with Gasteiger partial charge in [0.1, 0.15) is 5.82 Å². The topological polar surface area (TPSA) is 81.6 Å². The van der Waals surface area contributed by atoms with Crippen molar-refractivity contribution in [3.63, 3.8) is 0 Å². The van der Waals surface area contributed by atoms with E-state index in [1.54, 1.807) is 0 Å². The van der Waals surface area contributed by atoms with Crippen molar-refractivity contribution in [1.82, 2.24) is 0 Å². The lowest BCUT2D eigenvalue weighted by Gasteiger charge is -2.37. The van der Waals surface area contributed by atoms with Gasteiger partial charge in [0.25, 0.3) is 5.91 Å². The van der Waals surface area contributed by atoms with E-state index in [2.05, 4.69) is 0 Å². The van der Waals surface area contributed by atoms with Crippen LogP contribution in [0.5, 0.6) is 0 Å². The summed E-state index contributed by atoms with van der Waals surface area (Å²) in [6.45, 7) is 4.96. The zero-order chi connectivity index (χ0) is 14.2. The van der Waals surface area contributed by atoms with Crippen LogP contribution in [0.25, 0.3) is 0 Å². The second kappa shape index (κ2) is 5.05. The zero-order valence-electron chi connectivity index (χ0n) is 11.0. The van der Waals surface area contributed by atoms with Crippen molar-refractivity contribution in [2.24, 2.45) is 5.73 Å². The van der Waals surface area contributed by atoms with Crippen molar-refractivity contribution in [2.45, 2.75) is 26.1 Å². The number of nitrogens with two attached hydrogens (primary N) is 2. The first-order chi connectivity index (χ1) is 8.88. The van der Waals surface area contributed by atoms with Gasteiger partial charge in [-0.15, -0.1) is 0 Å². The highest BCUT2D eigenvalue weighted by atomic mass is 19.1. The number of hydrogen-bond acceptors (Lipinski definition) is 4. The molecular formula is C13H18FN3O2. The van der Waals surface area contributed by atoms with E-state index >= 15 is 0 Å². The molecule has 0 bridgehead atoms. The van der Waals surface area contributed by atoms with Gasteiger partial charge >= 0.3 is 0 Å². The molecule has 4 N–H and O–H groups in total. The van der Waals surface area contributed by atoms with Crippen molar-refractivity contribution < 1.29 is 13.9 Å². The molecule has 0 radical (unpaired) electrons. The molecule has 2 unspecified atom stereocenters. The van der Waals surface area contributed by atoms with Gasteiger partial charge in [-0.05, 0) is 26.0 Å². The van der Waals surface area contributed by atoms with Crippen LogP contribution < -0.4 is 16.4 Å². The SMILES string of the molecule is CC1CN(c2cc(C(N)=O)c(N)cc2F)CC(C)O1. The fourth-order valence-corrected chi connectivity index (χ4v) is 2.41. The molecule has 1 heterocycles. The number of anilines is 2. The maximum atomic E-state index is 14.0. The normalized spacial score (nSPS) is 23.4. The molecule has 6 heteroatoms. The van der Waals surface area contributed by atoms with Gasteiger partial charge in [-0.1, -0.05) is 0 Å². The van der Waals surface area contributed by atoms with E-state index in [4.69, 9.17) is 16.2 Å². The van der Waals surface area contributed by atoms with Gasteiger partial charge in [-0.3, -0.25) is 4.79 Å². The van der Waals surface area contributed by atoms with Crippen LogP contribution in [0.1, 0.15) is 24.2 Å². The quantitative estimate of drug-likeness (QED) is 0.787. The number of morpholine rings is 1. The Bertz CT molecular complexity index is 497. The highest BCUT2D eigenvalue weighted by molar-refractivity contribution is 5.99. The second-order valence-electron chi connectivity index (χ2n) is 4.92. The minimum atomic E-state index is -0.659. The Morgan fingerprint density at radius 2 is 1.95 bits per heavy atom. The summed E-state index contributed by atoms with van der Waals surface area (Å²) in [7, 11) is 0. The van der Waals surface area contributed by atoms with E-state index in [0.29, 0.717) is 18.8 Å². The maximum absolute atomic E-state index is 14.0. The van der Waals surface area contributed by atoms with Crippen LogP contribution in [0, 0.1) is 5.82 Å². The van der Waals surface area contributed by atoms with Crippen molar-refractivity contribution in [1.29, 1.82) is 0 Å². The highest BCUT2D eigenvalue weighted by Crippen LogP contribution is 2.27. The van der Waals surface area contributed by atoms with E-state index in [-0.39, 0.29) is 23.5 Å². The molecule has 2 rings (SSSR count). The lowest BCUT2D eigenvalue weighted by atomic mass is 10.1. The number of benzene rings is 1. The summed E-state index contributed by atoms with van der Waals surface area (Å²) in [5.41, 5.74) is 11.4. The largest absolute Gasteiger partial charge is 0.398 e. The van der Waals surface area contributed by atoms with E-state index < -0.39 is 11.7 Å². The smallest absolute Gasteiger partial charge is 0.250 e. The molecule has 1 aromatic carbocycles. The number of halogens is 1. The van der Waals surface area contributed by atoms with Crippen molar-refractivity contribution in [3.8, 4) is 0 Å². The number of rotatable bonds is 2. The number of nitrogen functional groups attached to an aromatic ring is 1. The van der Waals surface area contributed by atoms with Gasteiger partial charge in [0.2, 0.25) is 0 Å².